The summed E-state index contributed by atoms with van der Waals surface area (Å²) >= 11 is 0. The molecular formula is C15H21N3O. The van der Waals surface area contributed by atoms with E-state index in [1.165, 1.54) is 12.8 Å². The summed E-state index contributed by atoms with van der Waals surface area (Å²) in [5, 5.41) is 0. The van der Waals surface area contributed by atoms with Crippen LogP contribution < -0.4 is 0 Å². The summed E-state index contributed by atoms with van der Waals surface area (Å²) < 4.78 is 0. The molecule has 1 aromatic heterocycles. The lowest BCUT2D eigenvalue weighted by Gasteiger charge is -2.38. The maximum Gasteiger partial charge on any atom is 0.254 e. The molecule has 0 N–H and O–H groups in total. The average molecular weight is 259 g/mol. The first kappa shape index (κ1) is 12.6. The zero-order valence-electron chi connectivity index (χ0n) is 11.5. The molecule has 4 nitrogen and oxygen atoms in total. The Morgan fingerprint density at radius 1 is 1.21 bits per heavy atom. The maximum atomic E-state index is 12.3. The third-order valence-electron chi connectivity index (χ3n) is 4.41. The molecule has 1 unspecified atom stereocenters. The molecule has 19 heavy (non-hydrogen) atoms. The van der Waals surface area contributed by atoms with E-state index in [9.17, 15) is 4.79 Å². The second kappa shape index (κ2) is 5.29. The van der Waals surface area contributed by atoms with Crippen molar-refractivity contribution >= 4 is 5.91 Å². The Kier molecular flexibility index (Phi) is 3.51. The highest BCUT2D eigenvalue weighted by molar-refractivity contribution is 5.94. The Hall–Kier alpha value is -1.42. The summed E-state index contributed by atoms with van der Waals surface area (Å²) in [7, 11) is 0. The fraction of sp³-hybridized carbons (Fsp3) is 0.600. The van der Waals surface area contributed by atoms with E-state index in [2.05, 4.69) is 16.8 Å². The molecular weight excluding hydrogens is 238 g/mol. The van der Waals surface area contributed by atoms with E-state index < -0.39 is 0 Å². The van der Waals surface area contributed by atoms with Crippen LogP contribution in [0.25, 0.3) is 0 Å². The maximum absolute atomic E-state index is 12.3. The second-order valence-corrected chi connectivity index (χ2v) is 5.64. The van der Waals surface area contributed by atoms with Gasteiger partial charge in [-0.05, 0) is 37.8 Å². The lowest BCUT2D eigenvalue weighted by atomic mass is 10.1. The van der Waals surface area contributed by atoms with Crippen LogP contribution in [-0.4, -0.2) is 52.9 Å². The Balaban J connectivity index is 1.56. The molecule has 0 aromatic carbocycles. The van der Waals surface area contributed by atoms with Gasteiger partial charge in [0.1, 0.15) is 0 Å². The van der Waals surface area contributed by atoms with Gasteiger partial charge in [-0.1, -0.05) is 0 Å². The lowest BCUT2D eigenvalue weighted by molar-refractivity contribution is 0.0564. The van der Waals surface area contributed by atoms with Crippen LogP contribution in [-0.2, 0) is 0 Å². The monoisotopic (exact) mass is 259 g/mol. The third kappa shape index (κ3) is 2.78. The summed E-state index contributed by atoms with van der Waals surface area (Å²) in [4.78, 5) is 20.8. The Morgan fingerprint density at radius 2 is 1.84 bits per heavy atom. The van der Waals surface area contributed by atoms with Crippen LogP contribution in [0.15, 0.2) is 24.5 Å². The summed E-state index contributed by atoms with van der Waals surface area (Å²) in [5.41, 5.74) is 0.749. The molecule has 2 fully saturated rings. The van der Waals surface area contributed by atoms with Crippen LogP contribution in [0.3, 0.4) is 0 Å². The molecule has 4 heteroatoms. The molecule has 3 rings (SSSR count). The standard InChI is InChI=1S/C15H21N3O/c1-12(13-2-3-13)17-8-10-18(11-9-17)15(19)14-4-6-16-7-5-14/h4-7,12-13H,2-3,8-11H2,1H3. The van der Waals surface area contributed by atoms with E-state index in [1.807, 2.05) is 4.90 Å². The van der Waals surface area contributed by atoms with E-state index in [0.29, 0.717) is 6.04 Å². The van der Waals surface area contributed by atoms with Gasteiger partial charge in [-0.25, -0.2) is 0 Å². The highest BCUT2D eigenvalue weighted by atomic mass is 16.2. The number of hydrogen-bond donors (Lipinski definition) is 0. The Bertz CT molecular complexity index is 436. The zero-order chi connectivity index (χ0) is 13.2. The molecule has 1 aromatic rings. The minimum absolute atomic E-state index is 0.140. The molecule has 0 radical (unpaired) electrons. The average Bonchev–Trinajstić information content (AvgIpc) is 3.31. The Morgan fingerprint density at radius 3 is 2.42 bits per heavy atom. The summed E-state index contributed by atoms with van der Waals surface area (Å²) in [6, 6.07) is 4.28. The molecule has 102 valence electrons. The van der Waals surface area contributed by atoms with Crippen LogP contribution in [0.4, 0.5) is 0 Å². The fourth-order valence-corrected chi connectivity index (χ4v) is 2.89. The smallest absolute Gasteiger partial charge is 0.254 e. The number of rotatable bonds is 3. The van der Waals surface area contributed by atoms with Crippen molar-refractivity contribution in [1.29, 1.82) is 0 Å². The highest BCUT2D eigenvalue weighted by Gasteiger charge is 2.33. The van der Waals surface area contributed by atoms with Crippen molar-refractivity contribution in [1.82, 2.24) is 14.8 Å². The highest BCUT2D eigenvalue weighted by Crippen LogP contribution is 2.35. The number of hydrogen-bond acceptors (Lipinski definition) is 3. The topological polar surface area (TPSA) is 36.4 Å². The van der Waals surface area contributed by atoms with Gasteiger partial charge in [0.15, 0.2) is 0 Å². The largest absolute Gasteiger partial charge is 0.336 e. The summed E-state index contributed by atoms with van der Waals surface area (Å²) in [6.45, 7) is 6.04. The van der Waals surface area contributed by atoms with Crippen LogP contribution in [0, 0.1) is 5.92 Å². The van der Waals surface area contributed by atoms with E-state index in [4.69, 9.17) is 0 Å². The molecule has 1 amide bonds. The van der Waals surface area contributed by atoms with Crippen molar-refractivity contribution in [2.75, 3.05) is 26.2 Å². The molecule has 1 saturated heterocycles. The molecule has 2 aliphatic rings. The van der Waals surface area contributed by atoms with Gasteiger partial charge in [0.25, 0.3) is 5.91 Å². The van der Waals surface area contributed by atoms with E-state index in [1.54, 1.807) is 24.5 Å². The predicted octanol–water partition coefficient (Wildman–Crippen LogP) is 1.64. The van der Waals surface area contributed by atoms with Gasteiger partial charge in [0.2, 0.25) is 0 Å². The SMILES string of the molecule is CC(C1CC1)N1CCN(C(=O)c2ccncc2)CC1. The summed E-state index contributed by atoms with van der Waals surface area (Å²) in [6.07, 6.45) is 6.13. The minimum Gasteiger partial charge on any atom is -0.336 e. The number of piperazine rings is 1. The van der Waals surface area contributed by atoms with Gasteiger partial charge in [-0.2, -0.15) is 0 Å². The molecule has 1 aliphatic carbocycles. The quantitative estimate of drug-likeness (QED) is 0.828. The molecule has 0 spiro atoms. The number of carbonyl (C=O) groups is 1. The van der Waals surface area contributed by atoms with Crippen molar-refractivity contribution in [2.45, 2.75) is 25.8 Å². The van der Waals surface area contributed by atoms with Gasteiger partial charge in [-0.15, -0.1) is 0 Å². The summed E-state index contributed by atoms with van der Waals surface area (Å²) in [5.74, 6) is 1.04. The number of pyridine rings is 1. The lowest BCUT2D eigenvalue weighted by Crippen LogP contribution is -2.51. The van der Waals surface area contributed by atoms with Crippen molar-refractivity contribution in [3.63, 3.8) is 0 Å². The molecule has 2 heterocycles. The van der Waals surface area contributed by atoms with Gasteiger partial charge in [-0.3, -0.25) is 14.7 Å². The molecule has 0 bridgehead atoms. The van der Waals surface area contributed by atoms with Crippen LogP contribution in [0.1, 0.15) is 30.1 Å². The first-order valence-corrected chi connectivity index (χ1v) is 7.19. The van der Waals surface area contributed by atoms with Crippen molar-refractivity contribution in [3.05, 3.63) is 30.1 Å². The zero-order valence-corrected chi connectivity index (χ0v) is 11.5. The molecule has 1 saturated carbocycles. The van der Waals surface area contributed by atoms with Crippen molar-refractivity contribution in [2.24, 2.45) is 5.92 Å². The van der Waals surface area contributed by atoms with Gasteiger partial charge in [0.05, 0.1) is 0 Å². The second-order valence-electron chi connectivity index (χ2n) is 5.64. The van der Waals surface area contributed by atoms with Crippen molar-refractivity contribution < 1.29 is 4.79 Å². The first-order chi connectivity index (χ1) is 9.25. The minimum atomic E-state index is 0.140. The first-order valence-electron chi connectivity index (χ1n) is 7.19. The normalized spacial score (nSPS) is 22.3. The number of carbonyl (C=O) groups excluding carboxylic acids is 1. The number of amides is 1. The molecule has 1 aliphatic heterocycles. The van der Waals surface area contributed by atoms with Crippen molar-refractivity contribution in [3.8, 4) is 0 Å². The fourth-order valence-electron chi connectivity index (χ4n) is 2.89. The van der Waals surface area contributed by atoms with Crippen LogP contribution in [0.2, 0.25) is 0 Å². The van der Waals surface area contributed by atoms with E-state index >= 15 is 0 Å². The number of aromatic nitrogens is 1. The van der Waals surface area contributed by atoms with E-state index in [-0.39, 0.29) is 5.91 Å². The van der Waals surface area contributed by atoms with Crippen LogP contribution >= 0.6 is 0 Å². The van der Waals surface area contributed by atoms with Gasteiger partial charge < -0.3 is 4.90 Å². The van der Waals surface area contributed by atoms with Gasteiger partial charge >= 0.3 is 0 Å². The van der Waals surface area contributed by atoms with E-state index in [0.717, 1.165) is 37.7 Å². The third-order valence-corrected chi connectivity index (χ3v) is 4.41. The predicted molar refractivity (Wildman–Crippen MR) is 73.9 cm³/mol. The van der Waals surface area contributed by atoms with Crippen LogP contribution in [0.5, 0.6) is 0 Å². The molecule has 1 atom stereocenters. The van der Waals surface area contributed by atoms with Gasteiger partial charge in [0, 0.05) is 50.2 Å². The Labute approximate surface area is 114 Å². The number of nitrogens with zero attached hydrogens (tertiary/aromatic N) is 3.